The van der Waals surface area contributed by atoms with Crippen molar-refractivity contribution in [1.82, 2.24) is 0 Å². The zero-order valence-corrected chi connectivity index (χ0v) is 4.88. The lowest BCUT2D eigenvalue weighted by atomic mass is 10.1. The molecule has 1 aliphatic rings. The lowest BCUT2D eigenvalue weighted by Gasteiger charge is -2.05. The fraction of sp³-hybridized carbons (Fsp3) is 0.600. The normalized spacial score (nSPS) is 34.9. The van der Waals surface area contributed by atoms with E-state index in [1.165, 1.54) is 6.92 Å². The van der Waals surface area contributed by atoms with Crippen LogP contribution in [0.4, 0.5) is 0 Å². The average Bonchev–Trinajstić information content (AvgIpc) is 1.79. The number of aliphatic hydroxyl groups is 1. The molecule has 50 valence electrons. The van der Waals surface area contributed by atoms with Crippen molar-refractivity contribution in [2.45, 2.75) is 18.9 Å². The quantitative estimate of drug-likeness (QED) is 0.345. The third kappa shape index (κ3) is 0.929. The Hall–Kier alpha value is -0.900. The van der Waals surface area contributed by atoms with E-state index in [4.69, 9.17) is 5.11 Å². The van der Waals surface area contributed by atoms with Gasteiger partial charge in [-0.25, -0.2) is 4.79 Å². The number of hydrogen-bond acceptors (Lipinski definition) is 4. The van der Waals surface area contributed by atoms with Gasteiger partial charge in [0.2, 0.25) is 0 Å². The summed E-state index contributed by atoms with van der Waals surface area (Å²) < 4.78 is 4.05. The molecule has 0 bridgehead atoms. The Kier molecular flexibility index (Phi) is 1.06. The summed E-state index contributed by atoms with van der Waals surface area (Å²) >= 11 is 0. The van der Waals surface area contributed by atoms with Crippen LogP contribution in [0, 0.1) is 0 Å². The molecule has 1 heterocycles. The van der Waals surface area contributed by atoms with Crippen molar-refractivity contribution in [3.8, 4) is 0 Å². The number of carbonyl (C=O) groups is 2. The fourth-order valence-electron chi connectivity index (χ4n) is 0.603. The van der Waals surface area contributed by atoms with Crippen molar-refractivity contribution in [2.75, 3.05) is 0 Å². The van der Waals surface area contributed by atoms with E-state index in [1.54, 1.807) is 0 Å². The lowest BCUT2D eigenvalue weighted by molar-refractivity contribution is -0.157. The van der Waals surface area contributed by atoms with Crippen molar-refractivity contribution in [1.29, 1.82) is 0 Å². The minimum absolute atomic E-state index is 0.230. The van der Waals surface area contributed by atoms with Crippen LogP contribution >= 0.6 is 0 Å². The maximum atomic E-state index is 10.4. The van der Waals surface area contributed by atoms with Gasteiger partial charge in [0.15, 0.2) is 5.60 Å². The summed E-state index contributed by atoms with van der Waals surface area (Å²) in [5.74, 6) is -1.52. The van der Waals surface area contributed by atoms with Crippen LogP contribution in [0.25, 0.3) is 0 Å². The van der Waals surface area contributed by atoms with Crippen LogP contribution in [-0.4, -0.2) is 22.6 Å². The van der Waals surface area contributed by atoms with Crippen molar-refractivity contribution >= 4 is 11.9 Å². The van der Waals surface area contributed by atoms with Gasteiger partial charge in [0, 0.05) is 0 Å². The third-order valence-electron chi connectivity index (χ3n) is 1.13. The second-order valence-electron chi connectivity index (χ2n) is 2.21. The number of hydrogen-bond donors (Lipinski definition) is 1. The first kappa shape index (κ1) is 6.22. The first-order valence-electron chi connectivity index (χ1n) is 2.50. The van der Waals surface area contributed by atoms with Crippen LogP contribution < -0.4 is 0 Å². The summed E-state index contributed by atoms with van der Waals surface area (Å²) in [6.45, 7) is 1.25. The molecule has 1 N–H and O–H groups in total. The second-order valence-corrected chi connectivity index (χ2v) is 2.21. The summed E-state index contributed by atoms with van der Waals surface area (Å²) in [5, 5.41) is 8.94. The van der Waals surface area contributed by atoms with Gasteiger partial charge in [0.25, 0.3) is 0 Å². The summed E-state index contributed by atoms with van der Waals surface area (Å²) in [4.78, 5) is 20.7. The molecule has 9 heavy (non-hydrogen) atoms. The number of rotatable bonds is 0. The Labute approximate surface area is 51.4 Å². The van der Waals surface area contributed by atoms with Gasteiger partial charge >= 0.3 is 11.9 Å². The van der Waals surface area contributed by atoms with E-state index in [0.29, 0.717) is 0 Å². The largest absolute Gasteiger partial charge is 0.391 e. The summed E-state index contributed by atoms with van der Waals surface area (Å²) in [7, 11) is 0. The summed E-state index contributed by atoms with van der Waals surface area (Å²) in [5.41, 5.74) is -1.59. The number of ether oxygens (including phenoxy) is 1. The van der Waals surface area contributed by atoms with Crippen molar-refractivity contribution in [2.24, 2.45) is 0 Å². The molecule has 0 radical (unpaired) electrons. The smallest absolute Gasteiger partial charge is 0.346 e. The standard InChI is InChI=1S/C5H6O4/c1-5(8)2-3(6)9-4(5)7/h8H,2H2,1H3. The van der Waals surface area contributed by atoms with E-state index in [-0.39, 0.29) is 6.42 Å². The van der Waals surface area contributed by atoms with E-state index in [1.807, 2.05) is 0 Å². The Morgan fingerprint density at radius 3 is 2.33 bits per heavy atom. The first-order chi connectivity index (χ1) is 4.02. The van der Waals surface area contributed by atoms with Crippen LogP contribution in [-0.2, 0) is 14.3 Å². The molecular weight excluding hydrogens is 124 g/mol. The topological polar surface area (TPSA) is 63.6 Å². The Morgan fingerprint density at radius 2 is 2.22 bits per heavy atom. The van der Waals surface area contributed by atoms with E-state index in [0.717, 1.165) is 0 Å². The molecule has 1 rings (SSSR count). The maximum Gasteiger partial charge on any atom is 0.346 e. The second kappa shape index (κ2) is 1.54. The van der Waals surface area contributed by atoms with Gasteiger partial charge in [-0.05, 0) is 6.92 Å². The highest BCUT2D eigenvalue weighted by atomic mass is 16.6. The summed E-state index contributed by atoms with van der Waals surface area (Å²) in [6.07, 6.45) is -0.230. The molecule has 4 nitrogen and oxygen atoms in total. The molecular formula is C5H6O4. The highest BCUT2D eigenvalue weighted by Crippen LogP contribution is 2.19. The molecule has 0 saturated carbocycles. The van der Waals surface area contributed by atoms with E-state index < -0.39 is 17.5 Å². The molecule has 0 aromatic heterocycles. The molecule has 1 atom stereocenters. The Balaban J connectivity index is 2.81. The first-order valence-corrected chi connectivity index (χ1v) is 2.50. The Bertz CT molecular complexity index is 170. The van der Waals surface area contributed by atoms with Gasteiger partial charge in [-0.3, -0.25) is 4.79 Å². The highest BCUT2D eigenvalue weighted by molar-refractivity contribution is 5.98. The van der Waals surface area contributed by atoms with Gasteiger partial charge in [-0.2, -0.15) is 0 Å². The molecule has 4 heteroatoms. The number of cyclic esters (lactones) is 2. The zero-order valence-electron chi connectivity index (χ0n) is 4.88. The predicted octanol–water partition coefficient (Wildman–Crippen LogP) is -0.789. The van der Waals surface area contributed by atoms with Crippen LogP contribution in [0.5, 0.6) is 0 Å². The molecule has 1 aliphatic heterocycles. The SMILES string of the molecule is CC1(O)CC(=O)OC1=O. The van der Waals surface area contributed by atoms with Gasteiger partial charge in [0.05, 0.1) is 6.42 Å². The van der Waals surface area contributed by atoms with Gasteiger partial charge in [-0.1, -0.05) is 0 Å². The van der Waals surface area contributed by atoms with Crippen molar-refractivity contribution in [3.05, 3.63) is 0 Å². The number of carbonyl (C=O) groups excluding carboxylic acids is 2. The van der Waals surface area contributed by atoms with Crippen LogP contribution in [0.2, 0.25) is 0 Å². The van der Waals surface area contributed by atoms with Crippen LogP contribution in [0.1, 0.15) is 13.3 Å². The molecule has 0 amide bonds. The average molecular weight is 130 g/mol. The minimum atomic E-state index is -1.59. The Morgan fingerprint density at radius 1 is 1.67 bits per heavy atom. The van der Waals surface area contributed by atoms with Gasteiger partial charge in [-0.15, -0.1) is 0 Å². The van der Waals surface area contributed by atoms with E-state index in [2.05, 4.69) is 4.74 Å². The zero-order chi connectivity index (χ0) is 7.07. The lowest BCUT2D eigenvalue weighted by Crippen LogP contribution is -2.29. The van der Waals surface area contributed by atoms with Crippen LogP contribution in [0.15, 0.2) is 0 Å². The molecule has 0 aromatic carbocycles. The van der Waals surface area contributed by atoms with E-state index >= 15 is 0 Å². The van der Waals surface area contributed by atoms with Gasteiger partial charge < -0.3 is 9.84 Å². The maximum absolute atomic E-state index is 10.4. The number of esters is 2. The van der Waals surface area contributed by atoms with Crippen LogP contribution in [0.3, 0.4) is 0 Å². The van der Waals surface area contributed by atoms with E-state index in [9.17, 15) is 9.59 Å². The van der Waals surface area contributed by atoms with Crippen molar-refractivity contribution < 1.29 is 19.4 Å². The monoisotopic (exact) mass is 130 g/mol. The molecule has 0 aromatic rings. The molecule has 1 unspecified atom stereocenters. The molecule has 1 fully saturated rings. The summed E-state index contributed by atoms with van der Waals surface area (Å²) in [6, 6.07) is 0. The molecule has 0 aliphatic carbocycles. The third-order valence-corrected chi connectivity index (χ3v) is 1.13. The minimum Gasteiger partial charge on any atom is -0.391 e. The molecule has 1 saturated heterocycles. The van der Waals surface area contributed by atoms with Crippen molar-refractivity contribution in [3.63, 3.8) is 0 Å². The molecule has 0 spiro atoms. The fourth-order valence-corrected chi connectivity index (χ4v) is 0.603. The predicted molar refractivity (Wildman–Crippen MR) is 26.3 cm³/mol. The van der Waals surface area contributed by atoms with Gasteiger partial charge in [0.1, 0.15) is 0 Å². The highest BCUT2D eigenvalue weighted by Gasteiger charge is 2.43.